The fourth-order valence-corrected chi connectivity index (χ4v) is 2.07. The topological polar surface area (TPSA) is 70.2 Å². The van der Waals surface area contributed by atoms with E-state index in [1.165, 1.54) is 0 Å². The van der Waals surface area contributed by atoms with Crippen molar-refractivity contribution >= 4 is 11.8 Å². The normalized spacial score (nSPS) is 24.9. The fourth-order valence-electron chi connectivity index (χ4n) is 2.07. The van der Waals surface area contributed by atoms with Crippen molar-refractivity contribution < 1.29 is 9.59 Å². The first-order valence-electron chi connectivity index (χ1n) is 6.53. The third kappa shape index (κ3) is 4.73. The Kier molecular flexibility index (Phi) is 4.36. The van der Waals surface area contributed by atoms with E-state index in [2.05, 4.69) is 16.0 Å². The second kappa shape index (κ2) is 6.00. The molecule has 1 aliphatic heterocycles. The van der Waals surface area contributed by atoms with Gasteiger partial charge in [0.15, 0.2) is 0 Å². The molecule has 0 radical (unpaired) electrons. The van der Waals surface area contributed by atoms with E-state index in [9.17, 15) is 9.59 Å². The molecular formula is C12H21N3O2. The summed E-state index contributed by atoms with van der Waals surface area (Å²) in [7, 11) is 0. The SMILES string of the molecule is O=C1CC(NCCC(=O)NC2CC2)CCCN1. The number of carbonyl (C=O) groups is 2. The van der Waals surface area contributed by atoms with Gasteiger partial charge in [-0.2, -0.15) is 0 Å². The first kappa shape index (κ1) is 12.4. The Morgan fingerprint density at radius 2 is 2.12 bits per heavy atom. The van der Waals surface area contributed by atoms with Crippen LogP contribution >= 0.6 is 0 Å². The monoisotopic (exact) mass is 239 g/mol. The standard InChI is InChI=1S/C12H21N3O2/c16-11(15-9-3-4-9)5-7-13-10-2-1-6-14-12(17)8-10/h9-10,13H,1-8H2,(H,14,17)(H,15,16). The highest BCUT2D eigenvalue weighted by molar-refractivity contribution is 5.77. The average Bonchev–Trinajstić information content (AvgIpc) is 3.07. The quantitative estimate of drug-likeness (QED) is 0.628. The minimum Gasteiger partial charge on any atom is -0.356 e. The van der Waals surface area contributed by atoms with Crippen LogP contribution in [0.15, 0.2) is 0 Å². The van der Waals surface area contributed by atoms with Crippen molar-refractivity contribution in [2.75, 3.05) is 13.1 Å². The van der Waals surface area contributed by atoms with Crippen molar-refractivity contribution in [3.63, 3.8) is 0 Å². The van der Waals surface area contributed by atoms with Crippen LogP contribution in [-0.2, 0) is 9.59 Å². The Hall–Kier alpha value is -1.10. The van der Waals surface area contributed by atoms with Crippen LogP contribution < -0.4 is 16.0 Å². The van der Waals surface area contributed by atoms with Crippen LogP contribution in [-0.4, -0.2) is 37.0 Å². The summed E-state index contributed by atoms with van der Waals surface area (Å²) < 4.78 is 0. The summed E-state index contributed by atoms with van der Waals surface area (Å²) in [5.41, 5.74) is 0. The van der Waals surface area contributed by atoms with Crippen molar-refractivity contribution in [1.29, 1.82) is 0 Å². The van der Waals surface area contributed by atoms with E-state index < -0.39 is 0 Å². The van der Waals surface area contributed by atoms with E-state index in [0.717, 1.165) is 32.2 Å². The van der Waals surface area contributed by atoms with Gasteiger partial charge >= 0.3 is 0 Å². The smallest absolute Gasteiger partial charge is 0.221 e. The van der Waals surface area contributed by atoms with E-state index in [4.69, 9.17) is 0 Å². The van der Waals surface area contributed by atoms with Crippen LogP contribution in [0.25, 0.3) is 0 Å². The van der Waals surface area contributed by atoms with Crippen molar-refractivity contribution in [2.24, 2.45) is 0 Å². The lowest BCUT2D eigenvalue weighted by Gasteiger charge is -2.14. The molecule has 2 fully saturated rings. The van der Waals surface area contributed by atoms with Gasteiger partial charge in [-0.3, -0.25) is 9.59 Å². The molecule has 1 unspecified atom stereocenters. The van der Waals surface area contributed by atoms with Gasteiger partial charge in [-0.1, -0.05) is 0 Å². The minimum absolute atomic E-state index is 0.113. The van der Waals surface area contributed by atoms with Gasteiger partial charge in [0, 0.05) is 38.0 Å². The first-order valence-corrected chi connectivity index (χ1v) is 6.53. The average molecular weight is 239 g/mol. The molecule has 1 heterocycles. The largest absolute Gasteiger partial charge is 0.356 e. The number of nitrogens with one attached hydrogen (secondary N) is 3. The van der Waals surface area contributed by atoms with E-state index >= 15 is 0 Å². The molecule has 2 amide bonds. The number of hydrogen-bond donors (Lipinski definition) is 3. The van der Waals surface area contributed by atoms with Gasteiger partial charge in [0.25, 0.3) is 0 Å². The lowest BCUT2D eigenvalue weighted by atomic mass is 10.1. The minimum atomic E-state index is 0.113. The van der Waals surface area contributed by atoms with Crippen molar-refractivity contribution in [1.82, 2.24) is 16.0 Å². The van der Waals surface area contributed by atoms with Gasteiger partial charge in [0.2, 0.25) is 11.8 Å². The van der Waals surface area contributed by atoms with E-state index in [0.29, 0.717) is 25.4 Å². The van der Waals surface area contributed by atoms with Gasteiger partial charge in [0.1, 0.15) is 0 Å². The Bertz CT molecular complexity index is 289. The molecule has 0 aromatic carbocycles. The molecule has 1 saturated carbocycles. The Labute approximate surface area is 102 Å². The van der Waals surface area contributed by atoms with E-state index in [1.807, 2.05) is 0 Å². The predicted octanol–water partition coefficient (Wildman–Crippen LogP) is -0.0866. The van der Waals surface area contributed by atoms with Crippen molar-refractivity contribution in [3.05, 3.63) is 0 Å². The van der Waals surface area contributed by atoms with Gasteiger partial charge < -0.3 is 16.0 Å². The summed E-state index contributed by atoms with van der Waals surface area (Å²) in [4.78, 5) is 22.8. The molecule has 3 N–H and O–H groups in total. The molecule has 1 aliphatic carbocycles. The van der Waals surface area contributed by atoms with Crippen LogP contribution in [0.1, 0.15) is 38.5 Å². The Balaban J connectivity index is 1.59. The van der Waals surface area contributed by atoms with Gasteiger partial charge in [-0.05, 0) is 25.7 Å². The second-order valence-electron chi connectivity index (χ2n) is 4.94. The Morgan fingerprint density at radius 1 is 1.29 bits per heavy atom. The maximum absolute atomic E-state index is 11.4. The lowest BCUT2D eigenvalue weighted by molar-refractivity contribution is -0.121. The zero-order chi connectivity index (χ0) is 12.1. The summed E-state index contributed by atoms with van der Waals surface area (Å²) in [6.07, 6.45) is 5.31. The molecular weight excluding hydrogens is 218 g/mol. The molecule has 0 bridgehead atoms. The zero-order valence-electron chi connectivity index (χ0n) is 10.1. The van der Waals surface area contributed by atoms with Crippen molar-refractivity contribution in [2.45, 2.75) is 50.6 Å². The molecule has 2 rings (SSSR count). The summed E-state index contributed by atoms with van der Waals surface area (Å²) in [5, 5.41) is 9.10. The van der Waals surface area contributed by atoms with Crippen molar-refractivity contribution in [3.8, 4) is 0 Å². The molecule has 0 spiro atoms. The molecule has 1 atom stereocenters. The van der Waals surface area contributed by atoms with Gasteiger partial charge in [-0.25, -0.2) is 0 Å². The molecule has 17 heavy (non-hydrogen) atoms. The predicted molar refractivity (Wildman–Crippen MR) is 64.4 cm³/mol. The number of carbonyl (C=O) groups excluding carboxylic acids is 2. The summed E-state index contributed by atoms with van der Waals surface area (Å²) in [5.74, 6) is 0.237. The number of amides is 2. The highest BCUT2D eigenvalue weighted by Crippen LogP contribution is 2.18. The Morgan fingerprint density at radius 3 is 2.88 bits per heavy atom. The third-order valence-corrected chi connectivity index (χ3v) is 3.21. The molecule has 5 nitrogen and oxygen atoms in total. The molecule has 2 aliphatic rings. The van der Waals surface area contributed by atoms with E-state index in [1.54, 1.807) is 0 Å². The summed E-state index contributed by atoms with van der Waals surface area (Å²) in [6, 6.07) is 0.664. The molecule has 96 valence electrons. The first-order chi connectivity index (χ1) is 8.24. The third-order valence-electron chi connectivity index (χ3n) is 3.21. The van der Waals surface area contributed by atoms with Gasteiger partial charge in [-0.15, -0.1) is 0 Å². The zero-order valence-corrected chi connectivity index (χ0v) is 10.1. The highest BCUT2D eigenvalue weighted by Gasteiger charge is 2.23. The second-order valence-corrected chi connectivity index (χ2v) is 4.94. The molecule has 1 saturated heterocycles. The van der Waals surface area contributed by atoms with Crippen LogP contribution in [0.5, 0.6) is 0 Å². The van der Waals surface area contributed by atoms with Gasteiger partial charge in [0.05, 0.1) is 0 Å². The lowest BCUT2D eigenvalue weighted by Crippen LogP contribution is -2.35. The molecule has 0 aromatic heterocycles. The van der Waals surface area contributed by atoms with E-state index in [-0.39, 0.29) is 17.9 Å². The van der Waals surface area contributed by atoms with Crippen LogP contribution in [0, 0.1) is 0 Å². The van der Waals surface area contributed by atoms with Crippen LogP contribution in [0.2, 0.25) is 0 Å². The summed E-state index contributed by atoms with van der Waals surface area (Å²) >= 11 is 0. The highest BCUT2D eigenvalue weighted by atomic mass is 16.2. The van der Waals surface area contributed by atoms with Crippen LogP contribution in [0.3, 0.4) is 0 Å². The molecule has 5 heteroatoms. The van der Waals surface area contributed by atoms with Crippen LogP contribution in [0.4, 0.5) is 0 Å². The maximum atomic E-state index is 11.4. The number of hydrogen-bond acceptors (Lipinski definition) is 3. The fraction of sp³-hybridized carbons (Fsp3) is 0.833. The molecule has 0 aromatic rings. The summed E-state index contributed by atoms with van der Waals surface area (Å²) in [6.45, 7) is 1.44. The maximum Gasteiger partial charge on any atom is 0.221 e. The number of rotatable bonds is 5.